The van der Waals surface area contributed by atoms with Crippen molar-refractivity contribution in [2.45, 2.75) is 61.3 Å². The van der Waals surface area contributed by atoms with Crippen LogP contribution in [0.3, 0.4) is 0 Å². The summed E-state index contributed by atoms with van der Waals surface area (Å²) < 4.78 is 56.6. The number of sulfonamides is 1. The number of hydrogen-bond acceptors (Lipinski definition) is 7. The third-order valence-corrected chi connectivity index (χ3v) is 10.2. The second kappa shape index (κ2) is 7.34. The molecule has 1 N–H and O–H groups in total. The Kier molecular flexibility index (Phi) is 4.74. The fourth-order valence-electron chi connectivity index (χ4n) is 5.86. The monoisotopic (exact) mass is 514 g/mol. The number of aromatic nitrogens is 5. The van der Waals surface area contributed by atoms with Gasteiger partial charge in [-0.25, -0.2) is 30.5 Å². The van der Waals surface area contributed by atoms with Crippen molar-refractivity contribution < 1.29 is 16.8 Å². The average molecular weight is 515 g/mol. The van der Waals surface area contributed by atoms with Crippen molar-refractivity contribution in [3.63, 3.8) is 0 Å². The standard InChI is InChI=1S/C23H26N6O4S2/c1-16-3-5-17(6-4-16)35(32,33)28-14-7-18-20(28)24-15-19-25-26-21(29(18)19)22-8-11-23(12-9-22,13-10-22)27-34(2,30)31/h3-7,14-15,27H,8-13H2,1-2H3. The predicted octanol–water partition coefficient (Wildman–Crippen LogP) is 2.52. The Morgan fingerprint density at radius 1 is 0.914 bits per heavy atom. The molecule has 3 aliphatic rings. The van der Waals surface area contributed by atoms with Gasteiger partial charge in [-0.1, -0.05) is 17.7 Å². The quantitative estimate of drug-likeness (QED) is 0.433. The van der Waals surface area contributed by atoms with Crippen LogP contribution in [0.25, 0.3) is 16.8 Å². The fourth-order valence-corrected chi connectivity index (χ4v) is 8.25. The lowest BCUT2D eigenvalue weighted by Gasteiger charge is -2.52. The minimum atomic E-state index is -3.83. The molecule has 3 heterocycles. The lowest BCUT2D eigenvalue weighted by atomic mass is 9.57. The number of benzene rings is 1. The Bertz CT molecular complexity index is 1660. The van der Waals surface area contributed by atoms with Crippen LogP contribution in [0.1, 0.15) is 49.9 Å². The van der Waals surface area contributed by atoms with Gasteiger partial charge in [0.05, 0.1) is 22.9 Å². The molecule has 0 spiro atoms. The molecule has 184 valence electrons. The first-order valence-electron chi connectivity index (χ1n) is 11.6. The zero-order chi connectivity index (χ0) is 24.6. The highest BCUT2D eigenvalue weighted by Gasteiger charge is 2.52. The van der Waals surface area contributed by atoms with E-state index in [0.717, 1.165) is 49.9 Å². The molecule has 10 nitrogen and oxygen atoms in total. The first-order chi connectivity index (χ1) is 16.5. The van der Waals surface area contributed by atoms with Crippen LogP contribution in [0.4, 0.5) is 0 Å². The second-order valence-electron chi connectivity index (χ2n) is 10.0. The molecule has 1 aromatic carbocycles. The Balaban J connectivity index is 1.44. The lowest BCUT2D eigenvalue weighted by Crippen LogP contribution is -2.57. The molecule has 3 aromatic heterocycles. The van der Waals surface area contributed by atoms with Gasteiger partial charge in [0, 0.05) is 17.2 Å². The largest absolute Gasteiger partial charge is 0.274 e. The van der Waals surface area contributed by atoms with Crippen LogP contribution in [0.5, 0.6) is 0 Å². The molecule has 0 saturated heterocycles. The summed E-state index contributed by atoms with van der Waals surface area (Å²) in [5.41, 5.74) is 1.85. The van der Waals surface area contributed by atoms with Crippen LogP contribution < -0.4 is 4.72 Å². The van der Waals surface area contributed by atoms with Gasteiger partial charge in [0.1, 0.15) is 5.82 Å². The number of nitrogens with zero attached hydrogens (tertiary/aromatic N) is 5. The van der Waals surface area contributed by atoms with Crippen molar-refractivity contribution >= 4 is 36.9 Å². The summed E-state index contributed by atoms with van der Waals surface area (Å²) in [4.78, 5) is 4.62. The van der Waals surface area contributed by atoms with E-state index in [2.05, 4.69) is 19.9 Å². The molecule has 4 aromatic rings. The maximum absolute atomic E-state index is 13.4. The van der Waals surface area contributed by atoms with Crippen molar-refractivity contribution in [3.8, 4) is 0 Å². The zero-order valence-corrected chi connectivity index (χ0v) is 21.1. The molecule has 12 heteroatoms. The Labute approximate surface area is 203 Å². The molecular formula is C23H26N6O4S2. The SMILES string of the molecule is Cc1ccc(S(=O)(=O)n2ccc3c2ncc2nnc(C45CCC(NS(C)(=O)=O)(CC4)CC5)n23)cc1. The summed E-state index contributed by atoms with van der Waals surface area (Å²) in [6.07, 6.45) is 8.81. The maximum atomic E-state index is 13.4. The fraction of sp³-hybridized carbons (Fsp3) is 0.435. The van der Waals surface area contributed by atoms with Crippen molar-refractivity contribution in [1.29, 1.82) is 0 Å². The lowest BCUT2D eigenvalue weighted by molar-refractivity contribution is 0.0884. The highest BCUT2D eigenvalue weighted by molar-refractivity contribution is 7.90. The Morgan fingerprint density at radius 2 is 1.57 bits per heavy atom. The third-order valence-electron chi connectivity index (χ3n) is 7.74. The molecule has 7 rings (SSSR count). The van der Waals surface area contributed by atoms with Gasteiger partial charge in [-0.2, -0.15) is 0 Å². The Morgan fingerprint density at radius 3 is 2.20 bits per heavy atom. The molecular weight excluding hydrogens is 488 g/mol. The van der Waals surface area contributed by atoms with Crippen LogP contribution in [0.15, 0.2) is 47.6 Å². The number of nitrogens with one attached hydrogen (secondary N) is 1. The molecule has 3 aliphatic carbocycles. The third kappa shape index (κ3) is 3.49. The molecule has 3 saturated carbocycles. The molecule has 0 radical (unpaired) electrons. The normalized spacial score (nSPS) is 25.0. The minimum Gasteiger partial charge on any atom is -0.274 e. The van der Waals surface area contributed by atoms with Crippen LogP contribution in [-0.2, 0) is 25.5 Å². The van der Waals surface area contributed by atoms with E-state index in [0.29, 0.717) is 16.8 Å². The molecule has 0 aliphatic heterocycles. The van der Waals surface area contributed by atoms with Crippen LogP contribution >= 0.6 is 0 Å². The van der Waals surface area contributed by atoms with Gasteiger partial charge in [-0.05, 0) is 63.6 Å². The van der Waals surface area contributed by atoms with E-state index in [1.54, 1.807) is 36.5 Å². The predicted molar refractivity (Wildman–Crippen MR) is 130 cm³/mol. The number of hydrogen-bond donors (Lipinski definition) is 1. The van der Waals surface area contributed by atoms with Crippen molar-refractivity contribution in [1.82, 2.24) is 28.3 Å². The number of fused-ring (bicyclic) bond motifs is 6. The summed E-state index contributed by atoms with van der Waals surface area (Å²) in [7, 11) is -7.13. The maximum Gasteiger partial charge on any atom is 0.269 e. The van der Waals surface area contributed by atoms with Crippen LogP contribution in [0, 0.1) is 6.92 Å². The summed E-state index contributed by atoms with van der Waals surface area (Å²) in [5.74, 6) is 0.790. The first-order valence-corrected chi connectivity index (χ1v) is 14.9. The number of rotatable bonds is 5. The molecule has 3 fully saturated rings. The highest BCUT2D eigenvalue weighted by atomic mass is 32.2. The molecule has 2 bridgehead atoms. The summed E-state index contributed by atoms with van der Waals surface area (Å²) >= 11 is 0. The van der Waals surface area contributed by atoms with E-state index < -0.39 is 25.6 Å². The van der Waals surface area contributed by atoms with Crippen molar-refractivity contribution in [2.24, 2.45) is 0 Å². The Hall–Kier alpha value is -2.83. The summed E-state index contributed by atoms with van der Waals surface area (Å²) in [5, 5.41) is 8.90. The molecule has 0 amide bonds. The van der Waals surface area contributed by atoms with E-state index >= 15 is 0 Å². The highest BCUT2D eigenvalue weighted by Crippen LogP contribution is 2.53. The topological polar surface area (TPSA) is 128 Å². The van der Waals surface area contributed by atoms with Crippen LogP contribution in [-0.4, -0.2) is 52.2 Å². The van der Waals surface area contributed by atoms with E-state index in [4.69, 9.17) is 0 Å². The number of aryl methyl sites for hydroxylation is 1. The van der Waals surface area contributed by atoms with E-state index in [-0.39, 0.29) is 10.3 Å². The van der Waals surface area contributed by atoms with Gasteiger partial charge < -0.3 is 0 Å². The minimum absolute atomic E-state index is 0.194. The second-order valence-corrected chi connectivity index (χ2v) is 13.6. The zero-order valence-electron chi connectivity index (χ0n) is 19.5. The van der Waals surface area contributed by atoms with Crippen molar-refractivity contribution in [2.75, 3.05) is 6.26 Å². The first kappa shape index (κ1) is 22.6. The van der Waals surface area contributed by atoms with Gasteiger partial charge in [0.15, 0.2) is 11.3 Å². The molecule has 0 unspecified atom stereocenters. The van der Waals surface area contributed by atoms with E-state index in [9.17, 15) is 16.8 Å². The molecule has 0 atom stereocenters. The van der Waals surface area contributed by atoms with Crippen LogP contribution in [0.2, 0.25) is 0 Å². The summed E-state index contributed by atoms with van der Waals surface area (Å²) in [6, 6.07) is 8.47. The van der Waals surface area contributed by atoms with Gasteiger partial charge in [0.2, 0.25) is 10.0 Å². The molecule has 35 heavy (non-hydrogen) atoms. The van der Waals surface area contributed by atoms with Gasteiger partial charge in [-0.3, -0.25) is 4.40 Å². The smallest absolute Gasteiger partial charge is 0.269 e. The van der Waals surface area contributed by atoms with E-state index in [1.165, 1.54) is 16.4 Å². The van der Waals surface area contributed by atoms with Crippen molar-refractivity contribution in [3.05, 3.63) is 54.1 Å². The average Bonchev–Trinajstić information content (AvgIpc) is 3.44. The van der Waals surface area contributed by atoms with Gasteiger partial charge in [-0.15, -0.1) is 10.2 Å². The van der Waals surface area contributed by atoms with E-state index in [1.807, 2.05) is 11.3 Å². The van der Waals surface area contributed by atoms with Gasteiger partial charge >= 0.3 is 0 Å². The summed E-state index contributed by atoms with van der Waals surface area (Å²) in [6.45, 7) is 1.91. The van der Waals surface area contributed by atoms with Gasteiger partial charge in [0.25, 0.3) is 10.0 Å².